The van der Waals surface area contributed by atoms with E-state index in [-0.39, 0.29) is 54.5 Å². The van der Waals surface area contributed by atoms with E-state index in [1.807, 2.05) is 0 Å². The third-order valence-corrected chi connectivity index (χ3v) is 5.87. The summed E-state index contributed by atoms with van der Waals surface area (Å²) in [6, 6.07) is -0.710. The molecule has 10 nitrogen and oxygen atoms in total. The molecule has 0 spiro atoms. The molecular weight excluding hydrogens is 359 g/mol. The number of carbonyl (C=O) groups excluding carboxylic acids is 2. The van der Waals surface area contributed by atoms with E-state index in [0.29, 0.717) is 35.9 Å². The van der Waals surface area contributed by atoms with Gasteiger partial charge in [0.25, 0.3) is 5.91 Å². The minimum atomic E-state index is -1.11. The molecule has 4 rings (SSSR count). The molecule has 3 aliphatic rings. The van der Waals surface area contributed by atoms with Gasteiger partial charge in [-0.1, -0.05) is 11.8 Å². The van der Waals surface area contributed by atoms with Crippen molar-refractivity contribution >= 4 is 30.0 Å². The number of likely N-dealkylation sites (tertiary alicyclic amines) is 1. The molecular formula is C13H15N6NaO4S. The van der Waals surface area contributed by atoms with Gasteiger partial charge in [-0.15, -0.1) is 5.10 Å². The standard InChI is InChI=1S/C13H14N6O4S.Na.H/c1-17-13(14-15-16-17)24-4-7-2-6-3-18(5-20)10-8(6)19(11(10)21)9(7)12(22)23;;/h5-6,8,10H,2-4H2,1H3,(H,22,23);;/q;+1;-1/t6-,8-,10+;;/m1../s1. The van der Waals surface area contributed by atoms with Gasteiger partial charge in [0.2, 0.25) is 11.6 Å². The van der Waals surface area contributed by atoms with Crippen LogP contribution in [-0.2, 0) is 21.4 Å². The fraction of sp³-hybridized carbons (Fsp3) is 0.538. The molecule has 1 aromatic rings. The van der Waals surface area contributed by atoms with Gasteiger partial charge in [-0.25, -0.2) is 9.48 Å². The van der Waals surface area contributed by atoms with Crippen LogP contribution in [0.1, 0.15) is 7.85 Å². The molecule has 1 aromatic heterocycles. The van der Waals surface area contributed by atoms with Gasteiger partial charge in [0.05, 0.1) is 6.04 Å². The number of aryl methyl sites for hydroxylation is 1. The minimum absolute atomic E-state index is 0. The van der Waals surface area contributed by atoms with Crippen molar-refractivity contribution in [2.24, 2.45) is 13.0 Å². The Balaban J connectivity index is 0.00000121. The fourth-order valence-corrected chi connectivity index (χ4v) is 4.68. The normalized spacial score (nSPS) is 26.9. The maximum atomic E-state index is 12.4. The number of carboxylic acid groups (broad SMARTS) is 1. The predicted molar refractivity (Wildman–Crippen MR) is 80.6 cm³/mol. The molecule has 3 atom stereocenters. The number of tetrazole rings is 1. The van der Waals surface area contributed by atoms with Crippen LogP contribution in [0.15, 0.2) is 16.4 Å². The minimum Gasteiger partial charge on any atom is -1.00 e. The number of aromatic nitrogens is 4. The third kappa shape index (κ3) is 2.69. The molecule has 4 heterocycles. The molecule has 0 aliphatic carbocycles. The van der Waals surface area contributed by atoms with Crippen molar-refractivity contribution in [3.05, 3.63) is 11.3 Å². The summed E-state index contributed by atoms with van der Waals surface area (Å²) < 4.78 is 1.51. The van der Waals surface area contributed by atoms with Crippen LogP contribution in [0.3, 0.4) is 0 Å². The Morgan fingerprint density at radius 3 is 2.88 bits per heavy atom. The number of hydrogen-bond acceptors (Lipinski definition) is 7. The number of hydrogen-bond donors (Lipinski definition) is 1. The second-order valence-corrected chi connectivity index (χ2v) is 6.98. The first-order valence-electron chi connectivity index (χ1n) is 7.37. The van der Waals surface area contributed by atoms with Gasteiger partial charge >= 0.3 is 35.5 Å². The smallest absolute Gasteiger partial charge is 1.00 e. The van der Waals surface area contributed by atoms with E-state index in [2.05, 4.69) is 15.5 Å². The van der Waals surface area contributed by atoms with Crippen LogP contribution >= 0.6 is 11.8 Å². The Morgan fingerprint density at radius 2 is 2.28 bits per heavy atom. The molecule has 0 bridgehead atoms. The topological polar surface area (TPSA) is 122 Å². The summed E-state index contributed by atoms with van der Waals surface area (Å²) in [6.07, 6.45) is 1.23. The molecule has 0 radical (unpaired) electrons. The maximum absolute atomic E-state index is 12.4. The van der Waals surface area contributed by atoms with E-state index < -0.39 is 12.0 Å². The van der Waals surface area contributed by atoms with Crippen molar-refractivity contribution in [1.82, 2.24) is 30.0 Å². The molecule has 2 saturated heterocycles. The second-order valence-electron chi connectivity index (χ2n) is 6.04. The van der Waals surface area contributed by atoms with Crippen LogP contribution in [0.4, 0.5) is 0 Å². The Labute approximate surface area is 170 Å². The Bertz CT molecular complexity index is 788. The van der Waals surface area contributed by atoms with Crippen molar-refractivity contribution in [1.29, 1.82) is 0 Å². The molecule has 128 valence electrons. The molecule has 3 aliphatic heterocycles. The summed E-state index contributed by atoms with van der Waals surface area (Å²) in [5.74, 6) is -0.963. The zero-order chi connectivity index (χ0) is 17.0. The van der Waals surface area contributed by atoms with Crippen LogP contribution in [0.2, 0.25) is 0 Å². The molecule has 0 saturated carbocycles. The number of nitrogens with zero attached hydrogens (tertiary/aromatic N) is 6. The van der Waals surface area contributed by atoms with E-state index in [0.717, 1.165) is 0 Å². The van der Waals surface area contributed by atoms with Crippen molar-refractivity contribution < 1.29 is 50.5 Å². The van der Waals surface area contributed by atoms with Gasteiger partial charge in [0, 0.05) is 25.3 Å². The number of carboxylic acids is 1. The molecule has 0 aromatic carbocycles. The van der Waals surface area contributed by atoms with E-state index in [4.69, 9.17) is 0 Å². The van der Waals surface area contributed by atoms with E-state index in [1.54, 1.807) is 7.05 Å². The van der Waals surface area contributed by atoms with Gasteiger partial charge in [0.15, 0.2) is 0 Å². The van der Waals surface area contributed by atoms with Gasteiger partial charge in [-0.05, 0) is 22.4 Å². The molecule has 25 heavy (non-hydrogen) atoms. The summed E-state index contributed by atoms with van der Waals surface area (Å²) >= 11 is 1.33. The monoisotopic (exact) mass is 374 g/mol. The number of amides is 2. The van der Waals surface area contributed by atoms with Gasteiger partial charge in [-0.3, -0.25) is 14.5 Å². The average Bonchev–Trinajstić information content (AvgIpc) is 3.12. The van der Waals surface area contributed by atoms with Gasteiger partial charge in [-0.2, -0.15) is 0 Å². The number of rotatable bonds is 5. The van der Waals surface area contributed by atoms with Crippen molar-refractivity contribution in [2.75, 3.05) is 12.3 Å². The second kappa shape index (κ2) is 6.71. The number of aliphatic carboxylic acids is 1. The van der Waals surface area contributed by atoms with Crippen LogP contribution in [-0.4, -0.2) is 77.8 Å². The zero-order valence-electron chi connectivity index (χ0n) is 14.7. The summed E-state index contributed by atoms with van der Waals surface area (Å²) in [5.41, 5.74) is 0.726. The van der Waals surface area contributed by atoms with Gasteiger partial charge in [0.1, 0.15) is 11.7 Å². The summed E-state index contributed by atoms with van der Waals surface area (Å²) in [5, 5.41) is 21.3. The molecule has 0 unspecified atom stereocenters. The molecule has 1 N–H and O–H groups in total. The Hall–Kier alpha value is -1.43. The van der Waals surface area contributed by atoms with Crippen LogP contribution in [0, 0.1) is 5.92 Å². The summed E-state index contributed by atoms with van der Waals surface area (Å²) in [4.78, 5) is 38.1. The van der Waals surface area contributed by atoms with Crippen molar-refractivity contribution in [3.63, 3.8) is 0 Å². The van der Waals surface area contributed by atoms with Crippen molar-refractivity contribution in [3.8, 4) is 0 Å². The number of thioether (sulfide) groups is 1. The van der Waals surface area contributed by atoms with Crippen molar-refractivity contribution in [2.45, 2.75) is 23.7 Å². The van der Waals surface area contributed by atoms with E-state index >= 15 is 0 Å². The van der Waals surface area contributed by atoms with E-state index in [9.17, 15) is 19.5 Å². The molecule has 2 fully saturated rings. The fourth-order valence-electron chi connectivity index (χ4n) is 3.81. The molecule has 2 amide bonds. The quantitative estimate of drug-likeness (QED) is 0.239. The Morgan fingerprint density at radius 1 is 1.52 bits per heavy atom. The predicted octanol–water partition coefficient (Wildman–Crippen LogP) is -4.17. The molecule has 12 heteroatoms. The first-order valence-corrected chi connectivity index (χ1v) is 8.36. The van der Waals surface area contributed by atoms with Crippen LogP contribution in [0.25, 0.3) is 0 Å². The van der Waals surface area contributed by atoms with Crippen LogP contribution in [0.5, 0.6) is 0 Å². The largest absolute Gasteiger partial charge is 1.00 e. The SMILES string of the molecule is Cn1nnnc1SCC1=C(C(=O)O)N2C(=O)[C@@H]3[C@H]2[C@H](C1)CN3C=O.[H-].[Na+]. The van der Waals surface area contributed by atoms with Crippen LogP contribution < -0.4 is 29.6 Å². The van der Waals surface area contributed by atoms with Gasteiger partial charge < -0.3 is 11.4 Å². The zero-order valence-corrected chi connectivity index (χ0v) is 16.5. The summed E-state index contributed by atoms with van der Waals surface area (Å²) in [6.45, 7) is 0.480. The number of carbonyl (C=O) groups is 3. The summed E-state index contributed by atoms with van der Waals surface area (Å²) in [7, 11) is 1.70. The first kappa shape index (κ1) is 18.4. The number of β-lactam (4-membered cyclic amide) rings is 1. The maximum Gasteiger partial charge on any atom is 1.00 e. The Kier molecular flexibility index (Phi) is 4.93. The first-order chi connectivity index (χ1) is 11.5. The van der Waals surface area contributed by atoms with E-state index in [1.165, 1.54) is 26.2 Å². The average molecular weight is 374 g/mol. The third-order valence-electron chi connectivity index (χ3n) is 4.78.